The van der Waals surface area contributed by atoms with E-state index >= 15 is 0 Å². The van der Waals surface area contributed by atoms with E-state index in [-0.39, 0.29) is 11.2 Å². The standard InChI is InChI=1S/C9H13N3OS.CH4N2OS/c1-7(11-12-9(14)13-2)8-5-3-4-6-10-8;2-3-1(4)5/h3-7,11H,1-2H3,(H,12,14);2H2,(H2,3,4,5). The summed E-state index contributed by atoms with van der Waals surface area (Å²) in [6.45, 7) is 1.98. The van der Waals surface area contributed by atoms with Crippen molar-refractivity contribution in [3.05, 3.63) is 30.1 Å². The molecule has 7 nitrogen and oxygen atoms in total. The van der Waals surface area contributed by atoms with Gasteiger partial charge in [-0.1, -0.05) is 6.07 Å². The minimum absolute atomic E-state index is 0.0734. The van der Waals surface area contributed by atoms with Gasteiger partial charge in [-0.25, -0.2) is 11.3 Å². The highest BCUT2D eigenvalue weighted by Gasteiger charge is 2.05. The van der Waals surface area contributed by atoms with E-state index in [1.807, 2.05) is 30.5 Å². The average Bonchev–Trinajstić information content (AvgIpc) is 2.45. The second kappa shape index (κ2) is 10.4. The highest BCUT2D eigenvalue weighted by atomic mass is 32.1. The van der Waals surface area contributed by atoms with Gasteiger partial charge in [0.25, 0.3) is 10.3 Å². The van der Waals surface area contributed by atoms with Crippen LogP contribution in [0.4, 0.5) is 0 Å². The molecule has 0 aliphatic carbocycles. The van der Waals surface area contributed by atoms with Crippen molar-refractivity contribution in [1.29, 1.82) is 0 Å². The zero-order chi connectivity index (χ0) is 14.7. The van der Waals surface area contributed by atoms with Gasteiger partial charge < -0.3 is 9.84 Å². The number of nitrogens with two attached hydrogens (primary N) is 1. The molecule has 0 amide bonds. The van der Waals surface area contributed by atoms with Crippen LogP contribution in [0.15, 0.2) is 24.4 Å². The molecular weight excluding hydrogens is 286 g/mol. The summed E-state index contributed by atoms with van der Waals surface area (Å²) < 4.78 is 4.77. The van der Waals surface area contributed by atoms with Crippen molar-refractivity contribution >= 4 is 34.8 Å². The van der Waals surface area contributed by atoms with Crippen molar-refractivity contribution in [3.8, 4) is 0 Å². The summed E-state index contributed by atoms with van der Waals surface area (Å²) in [4.78, 5) is 4.20. The number of nitrogens with zero attached hydrogens (tertiary/aromatic N) is 1. The summed E-state index contributed by atoms with van der Waals surface area (Å²) in [6, 6.07) is 5.83. The quantitative estimate of drug-likeness (QED) is 0.309. The highest BCUT2D eigenvalue weighted by molar-refractivity contribution is 7.80. The first-order valence-electron chi connectivity index (χ1n) is 5.21. The third-order valence-corrected chi connectivity index (χ3v) is 2.22. The first-order valence-corrected chi connectivity index (χ1v) is 6.02. The lowest BCUT2D eigenvalue weighted by atomic mass is 10.2. The van der Waals surface area contributed by atoms with Gasteiger partial charge in [0, 0.05) is 6.20 Å². The maximum Gasteiger partial charge on any atom is 0.271 e. The van der Waals surface area contributed by atoms with Crippen LogP contribution in [0.1, 0.15) is 18.7 Å². The molecule has 0 aromatic carbocycles. The fourth-order valence-electron chi connectivity index (χ4n) is 0.924. The molecule has 0 spiro atoms. The number of hydrogen-bond acceptors (Lipinski definition) is 6. The molecule has 1 atom stereocenters. The van der Waals surface area contributed by atoms with Crippen LogP contribution in [0.5, 0.6) is 0 Å². The molecular formula is C10H17N5O2S2. The number of nitrogens with one attached hydrogen (secondary N) is 3. The maximum absolute atomic E-state index is 7.86. The van der Waals surface area contributed by atoms with Crippen LogP contribution in [0.25, 0.3) is 0 Å². The molecule has 106 valence electrons. The summed E-state index contributed by atoms with van der Waals surface area (Å²) in [5.41, 5.74) is 8.48. The molecule has 19 heavy (non-hydrogen) atoms. The Hall–Kier alpha value is -1.55. The topological polar surface area (TPSA) is 104 Å². The Kier molecular flexibility index (Phi) is 9.53. The van der Waals surface area contributed by atoms with Gasteiger partial charge in [0.2, 0.25) is 0 Å². The molecule has 1 aromatic heterocycles. The minimum atomic E-state index is -0.384. The van der Waals surface area contributed by atoms with Gasteiger partial charge in [0.05, 0.1) is 18.8 Å². The molecule has 0 radical (unpaired) electrons. The average molecular weight is 303 g/mol. The van der Waals surface area contributed by atoms with Gasteiger partial charge in [0.15, 0.2) is 0 Å². The third-order valence-electron chi connectivity index (χ3n) is 1.83. The van der Waals surface area contributed by atoms with Crippen molar-refractivity contribution in [2.24, 2.45) is 5.84 Å². The fourth-order valence-corrected chi connectivity index (χ4v) is 0.983. The lowest BCUT2D eigenvalue weighted by Crippen LogP contribution is -2.38. The van der Waals surface area contributed by atoms with Crippen molar-refractivity contribution in [1.82, 2.24) is 21.3 Å². The molecule has 1 aromatic rings. The fraction of sp³-hybridized carbons (Fsp3) is 0.300. The predicted octanol–water partition coefficient (Wildman–Crippen LogP) is 0.461. The molecule has 0 saturated carbocycles. The van der Waals surface area contributed by atoms with Crippen LogP contribution < -0.4 is 22.1 Å². The summed E-state index contributed by atoms with van der Waals surface area (Å²) in [7, 11) is 1.52. The van der Waals surface area contributed by atoms with E-state index in [0.29, 0.717) is 5.17 Å². The smallest absolute Gasteiger partial charge is 0.271 e. The lowest BCUT2D eigenvalue weighted by molar-refractivity contribution is 0.371. The highest BCUT2D eigenvalue weighted by Crippen LogP contribution is 2.05. The van der Waals surface area contributed by atoms with Crippen molar-refractivity contribution in [3.63, 3.8) is 0 Å². The number of rotatable bonds is 3. The van der Waals surface area contributed by atoms with Crippen LogP contribution in [0.3, 0.4) is 0 Å². The zero-order valence-corrected chi connectivity index (χ0v) is 12.2. The molecule has 0 bridgehead atoms. The van der Waals surface area contributed by atoms with Crippen LogP contribution in [-0.2, 0) is 4.74 Å². The van der Waals surface area contributed by atoms with E-state index in [1.165, 1.54) is 7.11 Å². The Morgan fingerprint density at radius 1 is 1.47 bits per heavy atom. The monoisotopic (exact) mass is 303 g/mol. The van der Waals surface area contributed by atoms with Crippen LogP contribution >= 0.6 is 24.4 Å². The lowest BCUT2D eigenvalue weighted by Gasteiger charge is -2.14. The van der Waals surface area contributed by atoms with Crippen LogP contribution in [-0.4, -0.2) is 27.5 Å². The molecule has 1 rings (SSSR count). The number of ether oxygens (including phenoxy) is 1. The number of hydrogen-bond donors (Lipinski definition) is 5. The molecule has 0 saturated heterocycles. The molecule has 0 fully saturated rings. The van der Waals surface area contributed by atoms with Gasteiger partial charge in [-0.05, 0) is 43.5 Å². The summed E-state index contributed by atoms with van der Waals surface area (Å²) in [5, 5.41) is 7.78. The SMILES string of the molecule is COC(=S)NNC(C)c1ccccn1.NNC(O)=S. The second-order valence-corrected chi connectivity index (χ2v) is 3.94. The molecule has 1 heterocycles. The van der Waals surface area contributed by atoms with E-state index in [2.05, 4.69) is 33.9 Å². The van der Waals surface area contributed by atoms with E-state index in [9.17, 15) is 0 Å². The second-order valence-electron chi connectivity index (χ2n) is 3.19. The van der Waals surface area contributed by atoms with Crippen LogP contribution in [0.2, 0.25) is 0 Å². The number of aliphatic hydroxyl groups excluding tert-OH is 1. The van der Waals surface area contributed by atoms with Gasteiger partial charge in [-0.15, -0.1) is 0 Å². The van der Waals surface area contributed by atoms with E-state index in [1.54, 1.807) is 6.20 Å². The summed E-state index contributed by atoms with van der Waals surface area (Å²) >= 11 is 8.82. The molecule has 0 aliphatic rings. The maximum atomic E-state index is 7.86. The predicted molar refractivity (Wildman–Crippen MR) is 81.1 cm³/mol. The Bertz CT molecular complexity index is 391. The Morgan fingerprint density at radius 3 is 2.53 bits per heavy atom. The zero-order valence-electron chi connectivity index (χ0n) is 10.6. The number of thiocarbonyl (C=S) groups is 2. The molecule has 1 unspecified atom stereocenters. The van der Waals surface area contributed by atoms with E-state index < -0.39 is 0 Å². The molecule has 6 N–H and O–H groups in total. The summed E-state index contributed by atoms with van der Waals surface area (Å²) in [6.07, 6.45) is 1.75. The van der Waals surface area contributed by atoms with Crippen LogP contribution in [0, 0.1) is 0 Å². The van der Waals surface area contributed by atoms with Gasteiger partial charge in [-0.3, -0.25) is 15.8 Å². The van der Waals surface area contributed by atoms with Gasteiger partial charge in [-0.2, -0.15) is 0 Å². The number of aliphatic hydroxyl groups is 1. The summed E-state index contributed by atoms with van der Waals surface area (Å²) in [5.74, 6) is 4.53. The number of hydrazine groups is 2. The Balaban J connectivity index is 0.000000555. The van der Waals surface area contributed by atoms with Crippen molar-refractivity contribution in [2.45, 2.75) is 13.0 Å². The van der Waals surface area contributed by atoms with Crippen molar-refractivity contribution < 1.29 is 9.84 Å². The number of methoxy groups -OCH3 is 1. The minimum Gasteiger partial charge on any atom is -0.486 e. The normalized spacial score (nSPS) is 10.5. The first-order chi connectivity index (χ1) is 9.01. The molecule has 0 aliphatic heterocycles. The van der Waals surface area contributed by atoms with Crippen molar-refractivity contribution in [2.75, 3.05) is 7.11 Å². The first kappa shape index (κ1) is 17.4. The Morgan fingerprint density at radius 2 is 2.11 bits per heavy atom. The van der Waals surface area contributed by atoms with Gasteiger partial charge in [0.1, 0.15) is 0 Å². The molecule has 9 heteroatoms. The third kappa shape index (κ3) is 9.08. The Labute approximate surface area is 122 Å². The largest absolute Gasteiger partial charge is 0.486 e. The van der Waals surface area contributed by atoms with Gasteiger partial charge >= 0.3 is 0 Å². The number of aromatic nitrogens is 1. The number of pyridine rings is 1. The van der Waals surface area contributed by atoms with E-state index in [0.717, 1.165) is 5.69 Å². The van der Waals surface area contributed by atoms with E-state index in [4.69, 9.17) is 22.1 Å².